The summed E-state index contributed by atoms with van der Waals surface area (Å²) in [7, 11) is 1.65. The molecule has 4 nitrogen and oxygen atoms in total. The predicted octanol–water partition coefficient (Wildman–Crippen LogP) is 4.10. The smallest absolute Gasteiger partial charge is 0.247 e. The Balaban J connectivity index is 1.71. The van der Waals surface area contributed by atoms with E-state index < -0.39 is 0 Å². The van der Waals surface area contributed by atoms with Gasteiger partial charge in [0, 0.05) is 0 Å². The molecule has 1 unspecified atom stereocenters. The van der Waals surface area contributed by atoms with Crippen molar-refractivity contribution in [3.8, 4) is 5.75 Å². The Hall–Kier alpha value is -3.14. The van der Waals surface area contributed by atoms with Gasteiger partial charge in [0.15, 0.2) is 0 Å². The van der Waals surface area contributed by atoms with E-state index in [1.807, 2.05) is 73.7 Å². The highest BCUT2D eigenvalue weighted by Crippen LogP contribution is 2.25. The Morgan fingerprint density at radius 2 is 1.76 bits per heavy atom. The fourth-order valence-corrected chi connectivity index (χ4v) is 2.60. The van der Waals surface area contributed by atoms with E-state index in [9.17, 15) is 4.79 Å². The van der Waals surface area contributed by atoms with Crippen molar-refractivity contribution in [2.45, 2.75) is 12.8 Å². The summed E-state index contributed by atoms with van der Waals surface area (Å²) < 4.78 is 5.24. The van der Waals surface area contributed by atoms with Crippen molar-refractivity contribution >= 4 is 22.9 Å². The average Bonchev–Trinajstić information content (AvgIpc) is 2.67. The highest BCUT2D eigenvalue weighted by atomic mass is 16.5. The van der Waals surface area contributed by atoms with Crippen molar-refractivity contribution in [2.75, 3.05) is 7.11 Å². The third kappa shape index (κ3) is 4.04. The normalized spacial score (nSPS) is 12.2. The molecule has 0 aliphatic heterocycles. The van der Waals surface area contributed by atoms with E-state index in [0.717, 1.165) is 27.6 Å². The first kappa shape index (κ1) is 16.7. The Morgan fingerprint density at radius 1 is 1.04 bits per heavy atom. The van der Waals surface area contributed by atoms with E-state index >= 15 is 0 Å². The monoisotopic (exact) mass is 332 g/mol. The third-order valence-electron chi connectivity index (χ3n) is 4.15. The summed E-state index contributed by atoms with van der Waals surface area (Å²) in [6.45, 7) is 1.87. The van der Waals surface area contributed by atoms with Gasteiger partial charge in [0.25, 0.3) is 0 Å². The number of fused-ring (bicyclic) bond motifs is 1. The number of hydrogen-bond donors (Lipinski definition) is 1. The molecule has 1 N–H and O–H groups in total. The second kappa shape index (κ2) is 7.62. The van der Waals surface area contributed by atoms with Gasteiger partial charge in [-0.15, -0.1) is 0 Å². The van der Waals surface area contributed by atoms with Crippen molar-refractivity contribution in [3.05, 3.63) is 77.9 Å². The fraction of sp³-hybridized carbons (Fsp3) is 0.143. The van der Waals surface area contributed by atoms with Crippen molar-refractivity contribution in [2.24, 2.45) is 5.10 Å². The first-order chi connectivity index (χ1) is 12.2. The molecule has 3 aromatic carbocycles. The lowest BCUT2D eigenvalue weighted by Crippen LogP contribution is -2.23. The van der Waals surface area contributed by atoms with Crippen LogP contribution in [0.5, 0.6) is 5.75 Å². The van der Waals surface area contributed by atoms with Gasteiger partial charge in [-0.3, -0.25) is 4.79 Å². The molecule has 0 saturated carbocycles. The number of nitrogens with zero attached hydrogens (tertiary/aromatic N) is 1. The van der Waals surface area contributed by atoms with Crippen LogP contribution in [0.25, 0.3) is 10.8 Å². The van der Waals surface area contributed by atoms with Gasteiger partial charge in [0.05, 0.1) is 19.2 Å². The number of carbonyl (C=O) groups excluding carboxylic acids is 1. The van der Waals surface area contributed by atoms with Crippen LogP contribution in [0.4, 0.5) is 0 Å². The molecule has 0 bridgehead atoms. The van der Waals surface area contributed by atoms with Crippen LogP contribution in [-0.4, -0.2) is 19.2 Å². The Kier molecular flexibility index (Phi) is 5.09. The highest BCUT2D eigenvalue weighted by molar-refractivity contribution is 5.89. The molecule has 0 fully saturated rings. The SMILES string of the molecule is COc1ccc2cc(C(C)C(=O)N/N=C/c3ccccc3)ccc2c1. The van der Waals surface area contributed by atoms with Gasteiger partial charge in [-0.1, -0.05) is 54.6 Å². The predicted molar refractivity (Wildman–Crippen MR) is 101 cm³/mol. The lowest BCUT2D eigenvalue weighted by molar-refractivity contribution is -0.122. The number of carbonyl (C=O) groups is 1. The van der Waals surface area contributed by atoms with Crippen LogP contribution in [0.15, 0.2) is 71.8 Å². The molecule has 0 aliphatic carbocycles. The molecule has 4 heteroatoms. The van der Waals surface area contributed by atoms with Crippen LogP contribution in [0.1, 0.15) is 24.0 Å². The van der Waals surface area contributed by atoms with E-state index in [2.05, 4.69) is 10.5 Å². The topological polar surface area (TPSA) is 50.7 Å². The molecule has 0 aromatic heterocycles. The Labute approximate surface area is 147 Å². The van der Waals surface area contributed by atoms with Crippen LogP contribution in [0.3, 0.4) is 0 Å². The minimum atomic E-state index is -0.292. The van der Waals surface area contributed by atoms with Crippen LogP contribution < -0.4 is 10.2 Å². The summed E-state index contributed by atoms with van der Waals surface area (Å²) in [5.74, 6) is 0.390. The zero-order valence-electron chi connectivity index (χ0n) is 14.3. The molecular weight excluding hydrogens is 312 g/mol. The Morgan fingerprint density at radius 3 is 2.52 bits per heavy atom. The maximum absolute atomic E-state index is 12.3. The molecule has 0 saturated heterocycles. The van der Waals surface area contributed by atoms with Crippen LogP contribution >= 0.6 is 0 Å². The number of benzene rings is 3. The molecule has 3 aromatic rings. The van der Waals surface area contributed by atoms with Crippen LogP contribution in [-0.2, 0) is 4.79 Å². The minimum Gasteiger partial charge on any atom is -0.497 e. The zero-order valence-corrected chi connectivity index (χ0v) is 14.3. The van der Waals surface area contributed by atoms with Crippen LogP contribution in [0.2, 0.25) is 0 Å². The first-order valence-electron chi connectivity index (χ1n) is 8.13. The minimum absolute atomic E-state index is 0.139. The molecule has 1 amide bonds. The molecular formula is C21H20N2O2. The molecule has 126 valence electrons. The number of methoxy groups -OCH3 is 1. The largest absolute Gasteiger partial charge is 0.497 e. The summed E-state index contributed by atoms with van der Waals surface area (Å²) in [5, 5.41) is 6.19. The number of hydrazone groups is 1. The molecule has 0 radical (unpaired) electrons. The number of rotatable bonds is 5. The average molecular weight is 332 g/mol. The van der Waals surface area contributed by atoms with Gasteiger partial charge in [-0.25, -0.2) is 5.43 Å². The first-order valence-corrected chi connectivity index (χ1v) is 8.13. The van der Waals surface area contributed by atoms with Gasteiger partial charge in [0.2, 0.25) is 5.91 Å². The van der Waals surface area contributed by atoms with E-state index in [4.69, 9.17) is 4.74 Å². The number of amides is 1. The molecule has 0 heterocycles. The number of ether oxygens (including phenoxy) is 1. The van der Waals surface area contributed by atoms with Crippen molar-refractivity contribution in [1.82, 2.24) is 5.43 Å². The van der Waals surface area contributed by atoms with Gasteiger partial charge >= 0.3 is 0 Å². The van der Waals surface area contributed by atoms with Crippen molar-refractivity contribution in [3.63, 3.8) is 0 Å². The summed E-state index contributed by atoms with van der Waals surface area (Å²) in [6, 6.07) is 21.5. The van der Waals surface area contributed by atoms with Crippen molar-refractivity contribution in [1.29, 1.82) is 0 Å². The lowest BCUT2D eigenvalue weighted by Gasteiger charge is -2.11. The quantitative estimate of drug-likeness (QED) is 0.565. The lowest BCUT2D eigenvalue weighted by atomic mass is 9.97. The van der Waals surface area contributed by atoms with E-state index in [-0.39, 0.29) is 11.8 Å². The van der Waals surface area contributed by atoms with E-state index in [0.29, 0.717) is 0 Å². The third-order valence-corrected chi connectivity index (χ3v) is 4.15. The van der Waals surface area contributed by atoms with Crippen molar-refractivity contribution < 1.29 is 9.53 Å². The Bertz CT molecular complexity index is 904. The van der Waals surface area contributed by atoms with Gasteiger partial charge in [0.1, 0.15) is 5.75 Å². The molecule has 1 atom stereocenters. The summed E-state index contributed by atoms with van der Waals surface area (Å²) in [6.07, 6.45) is 1.64. The van der Waals surface area contributed by atoms with Gasteiger partial charge < -0.3 is 4.74 Å². The maximum atomic E-state index is 12.3. The fourth-order valence-electron chi connectivity index (χ4n) is 2.60. The second-order valence-corrected chi connectivity index (χ2v) is 5.84. The highest BCUT2D eigenvalue weighted by Gasteiger charge is 2.15. The maximum Gasteiger partial charge on any atom is 0.247 e. The number of hydrogen-bond acceptors (Lipinski definition) is 3. The molecule has 25 heavy (non-hydrogen) atoms. The van der Waals surface area contributed by atoms with E-state index in [1.165, 1.54) is 0 Å². The van der Waals surface area contributed by atoms with Gasteiger partial charge in [-0.2, -0.15) is 5.10 Å². The zero-order chi connectivity index (χ0) is 17.6. The molecule has 3 rings (SSSR count). The standard InChI is InChI=1S/C21H20N2O2/c1-15(21(24)23-22-14-16-6-4-3-5-7-16)17-8-9-19-13-20(25-2)11-10-18(19)12-17/h3-15H,1-2H3,(H,23,24)/b22-14+. The van der Waals surface area contributed by atoms with Crippen LogP contribution in [0, 0.1) is 0 Å². The summed E-state index contributed by atoms with van der Waals surface area (Å²) in [5.41, 5.74) is 4.50. The summed E-state index contributed by atoms with van der Waals surface area (Å²) in [4.78, 5) is 12.3. The summed E-state index contributed by atoms with van der Waals surface area (Å²) >= 11 is 0. The van der Waals surface area contributed by atoms with Gasteiger partial charge in [-0.05, 0) is 41.0 Å². The van der Waals surface area contributed by atoms with E-state index in [1.54, 1.807) is 13.3 Å². The number of nitrogens with one attached hydrogen (secondary N) is 1. The second-order valence-electron chi connectivity index (χ2n) is 5.84. The molecule has 0 aliphatic rings. The molecule has 0 spiro atoms.